The molecule has 3 rings (SSSR count). The molecule has 0 amide bonds. The van der Waals surface area contributed by atoms with Crippen molar-refractivity contribution in [1.82, 2.24) is 4.98 Å². The van der Waals surface area contributed by atoms with E-state index in [1.54, 1.807) is 12.5 Å². The van der Waals surface area contributed by atoms with Crippen molar-refractivity contribution in [2.45, 2.75) is 25.0 Å². The van der Waals surface area contributed by atoms with Crippen LogP contribution in [-0.4, -0.2) is 17.1 Å². The van der Waals surface area contributed by atoms with Crippen LogP contribution >= 0.6 is 0 Å². The van der Waals surface area contributed by atoms with Gasteiger partial charge in [0.2, 0.25) is 5.88 Å². The van der Waals surface area contributed by atoms with E-state index in [0.717, 1.165) is 23.8 Å². The number of fused-ring (bicyclic) bond motifs is 1. The molecule has 15 heavy (non-hydrogen) atoms. The molecule has 2 heterocycles. The predicted octanol–water partition coefficient (Wildman–Crippen LogP) is 1.70. The van der Waals surface area contributed by atoms with Crippen LogP contribution < -0.4 is 10.5 Å². The Labute approximate surface area is 87.0 Å². The van der Waals surface area contributed by atoms with Gasteiger partial charge in [0.25, 0.3) is 0 Å². The maximum absolute atomic E-state index is 5.74. The van der Waals surface area contributed by atoms with Gasteiger partial charge in [-0.15, -0.1) is 0 Å². The van der Waals surface area contributed by atoms with E-state index in [4.69, 9.17) is 14.9 Å². The maximum atomic E-state index is 5.74. The number of hydrogen-bond acceptors (Lipinski definition) is 4. The summed E-state index contributed by atoms with van der Waals surface area (Å²) in [6.07, 6.45) is 5.38. The Balaban J connectivity index is 1.87. The Kier molecular flexibility index (Phi) is 1.89. The summed E-state index contributed by atoms with van der Waals surface area (Å²) in [5, 5.41) is 0.929. The summed E-state index contributed by atoms with van der Waals surface area (Å²) >= 11 is 0. The molecule has 1 saturated carbocycles. The molecule has 0 radical (unpaired) electrons. The minimum absolute atomic E-state index is 0.216. The van der Waals surface area contributed by atoms with Gasteiger partial charge in [-0.25, -0.2) is 4.98 Å². The number of rotatable bonds is 2. The second-order valence-corrected chi connectivity index (χ2v) is 3.92. The number of nitrogens with two attached hydrogens (primary N) is 1. The molecule has 0 spiro atoms. The van der Waals surface area contributed by atoms with E-state index in [-0.39, 0.29) is 6.10 Å². The fourth-order valence-corrected chi connectivity index (χ4v) is 1.82. The highest BCUT2D eigenvalue weighted by Gasteiger charge is 2.28. The molecular weight excluding hydrogens is 192 g/mol. The average Bonchev–Trinajstić information content (AvgIpc) is 2.64. The van der Waals surface area contributed by atoms with Gasteiger partial charge < -0.3 is 14.9 Å². The van der Waals surface area contributed by atoms with Crippen molar-refractivity contribution in [3.8, 4) is 5.88 Å². The van der Waals surface area contributed by atoms with Crippen LogP contribution in [0, 0.1) is 0 Å². The Morgan fingerprint density at radius 1 is 1.40 bits per heavy atom. The standard InChI is InChI=1S/C11H12N2O2/c12-7-5-8(6-7)15-11-9-2-4-14-10(9)1-3-13-11/h1-4,7-8H,5-6,12H2. The van der Waals surface area contributed by atoms with Gasteiger partial charge in [-0.05, 0) is 25.0 Å². The largest absolute Gasteiger partial charge is 0.474 e. The van der Waals surface area contributed by atoms with Crippen LogP contribution in [0.15, 0.2) is 29.0 Å². The van der Waals surface area contributed by atoms with Crippen molar-refractivity contribution in [2.24, 2.45) is 5.73 Å². The van der Waals surface area contributed by atoms with Crippen LogP contribution in [0.3, 0.4) is 0 Å². The molecule has 1 fully saturated rings. The highest BCUT2D eigenvalue weighted by Crippen LogP contribution is 2.29. The second-order valence-electron chi connectivity index (χ2n) is 3.92. The topological polar surface area (TPSA) is 61.3 Å². The summed E-state index contributed by atoms with van der Waals surface area (Å²) in [6.45, 7) is 0. The first kappa shape index (κ1) is 8.73. The number of aromatic nitrogens is 1. The molecule has 2 aromatic heterocycles. The SMILES string of the molecule is NC1CC(Oc2nccc3occc23)C1. The molecule has 0 bridgehead atoms. The van der Waals surface area contributed by atoms with Crippen molar-refractivity contribution < 1.29 is 9.15 Å². The quantitative estimate of drug-likeness (QED) is 0.808. The molecule has 2 aromatic rings. The maximum Gasteiger partial charge on any atom is 0.224 e. The Bertz CT molecular complexity index is 474. The van der Waals surface area contributed by atoms with Crippen LogP contribution in [0.25, 0.3) is 11.0 Å². The number of furan rings is 1. The fraction of sp³-hybridized carbons (Fsp3) is 0.364. The summed E-state index contributed by atoms with van der Waals surface area (Å²) in [4.78, 5) is 4.20. The number of ether oxygens (including phenoxy) is 1. The van der Waals surface area contributed by atoms with Crippen molar-refractivity contribution in [3.05, 3.63) is 24.6 Å². The van der Waals surface area contributed by atoms with E-state index in [9.17, 15) is 0 Å². The third-order valence-electron chi connectivity index (χ3n) is 2.75. The first-order valence-corrected chi connectivity index (χ1v) is 5.07. The molecule has 4 nitrogen and oxygen atoms in total. The molecule has 1 aliphatic carbocycles. The molecule has 0 atom stereocenters. The van der Waals surface area contributed by atoms with Crippen LogP contribution in [-0.2, 0) is 0 Å². The molecule has 1 aliphatic rings. The first-order valence-electron chi connectivity index (χ1n) is 5.07. The average molecular weight is 204 g/mol. The predicted molar refractivity (Wildman–Crippen MR) is 55.6 cm³/mol. The number of hydrogen-bond donors (Lipinski definition) is 1. The minimum atomic E-state index is 0.216. The van der Waals surface area contributed by atoms with Gasteiger partial charge in [0, 0.05) is 12.2 Å². The molecule has 2 N–H and O–H groups in total. The molecule has 0 unspecified atom stereocenters. The molecule has 78 valence electrons. The van der Waals surface area contributed by atoms with Crippen molar-refractivity contribution >= 4 is 11.0 Å². The Morgan fingerprint density at radius 3 is 3.07 bits per heavy atom. The third-order valence-corrected chi connectivity index (χ3v) is 2.75. The van der Waals surface area contributed by atoms with Gasteiger partial charge >= 0.3 is 0 Å². The van der Waals surface area contributed by atoms with Gasteiger partial charge in [0.1, 0.15) is 11.7 Å². The zero-order valence-corrected chi connectivity index (χ0v) is 8.22. The molecule has 0 saturated heterocycles. The van der Waals surface area contributed by atoms with Crippen LogP contribution in [0.2, 0.25) is 0 Å². The van der Waals surface area contributed by atoms with E-state index in [1.807, 2.05) is 12.1 Å². The van der Waals surface area contributed by atoms with Crippen molar-refractivity contribution in [3.63, 3.8) is 0 Å². The Morgan fingerprint density at radius 2 is 2.27 bits per heavy atom. The lowest BCUT2D eigenvalue weighted by Crippen LogP contribution is -2.43. The monoisotopic (exact) mass is 204 g/mol. The van der Waals surface area contributed by atoms with Crippen LogP contribution in [0.5, 0.6) is 5.88 Å². The van der Waals surface area contributed by atoms with E-state index in [1.165, 1.54) is 0 Å². The van der Waals surface area contributed by atoms with Crippen molar-refractivity contribution in [1.29, 1.82) is 0 Å². The van der Waals surface area contributed by atoms with Gasteiger partial charge in [-0.2, -0.15) is 0 Å². The second kappa shape index (κ2) is 3.24. The highest BCUT2D eigenvalue weighted by molar-refractivity contribution is 5.81. The normalized spacial score (nSPS) is 25.1. The summed E-state index contributed by atoms with van der Waals surface area (Å²) in [7, 11) is 0. The summed E-state index contributed by atoms with van der Waals surface area (Å²) < 4.78 is 11.0. The van der Waals surface area contributed by atoms with E-state index in [0.29, 0.717) is 11.9 Å². The molecule has 4 heteroatoms. The van der Waals surface area contributed by atoms with Gasteiger partial charge in [-0.1, -0.05) is 0 Å². The van der Waals surface area contributed by atoms with Crippen molar-refractivity contribution in [2.75, 3.05) is 0 Å². The lowest BCUT2D eigenvalue weighted by Gasteiger charge is -2.32. The summed E-state index contributed by atoms with van der Waals surface area (Å²) in [6, 6.07) is 3.99. The van der Waals surface area contributed by atoms with Gasteiger partial charge in [0.15, 0.2) is 0 Å². The lowest BCUT2D eigenvalue weighted by atomic mass is 9.90. The summed E-state index contributed by atoms with van der Waals surface area (Å²) in [5.41, 5.74) is 6.51. The molecule has 0 aromatic carbocycles. The molecule has 0 aliphatic heterocycles. The van der Waals surface area contributed by atoms with E-state index < -0.39 is 0 Å². The smallest absolute Gasteiger partial charge is 0.224 e. The minimum Gasteiger partial charge on any atom is -0.474 e. The summed E-state index contributed by atoms with van der Waals surface area (Å²) in [5.74, 6) is 0.651. The number of pyridine rings is 1. The Hall–Kier alpha value is -1.55. The third kappa shape index (κ3) is 1.47. The number of nitrogens with zero attached hydrogens (tertiary/aromatic N) is 1. The zero-order valence-electron chi connectivity index (χ0n) is 8.22. The van der Waals surface area contributed by atoms with Gasteiger partial charge in [0.05, 0.1) is 11.6 Å². The first-order chi connectivity index (χ1) is 7.33. The fourth-order valence-electron chi connectivity index (χ4n) is 1.82. The zero-order chi connectivity index (χ0) is 10.3. The molecular formula is C11H12N2O2. The lowest BCUT2D eigenvalue weighted by molar-refractivity contribution is 0.0976. The van der Waals surface area contributed by atoms with E-state index >= 15 is 0 Å². The van der Waals surface area contributed by atoms with E-state index in [2.05, 4.69) is 4.98 Å². The highest BCUT2D eigenvalue weighted by atomic mass is 16.5. The van der Waals surface area contributed by atoms with Crippen LogP contribution in [0.1, 0.15) is 12.8 Å². The van der Waals surface area contributed by atoms with Crippen LogP contribution in [0.4, 0.5) is 0 Å². The van der Waals surface area contributed by atoms with Gasteiger partial charge in [-0.3, -0.25) is 0 Å².